The molecule has 1 fully saturated rings. The number of hydrogen-bond acceptors (Lipinski definition) is 8. The Morgan fingerprint density at radius 2 is 2.00 bits per heavy atom. The SMILES string of the molecule is CC(=O)N[C@@H]1[C@@H](OC[C@H](N)C(=O)O)O[C@@H](CO)[C@H](O)[C@H]1O. The molecule has 0 bridgehead atoms. The zero-order chi connectivity index (χ0) is 16.2. The predicted octanol–water partition coefficient (Wildman–Crippen LogP) is -3.64. The second-order valence-corrected chi connectivity index (χ2v) is 4.71. The molecule has 6 atom stereocenters. The molecule has 0 spiro atoms. The number of aliphatic hydroxyl groups is 3. The zero-order valence-corrected chi connectivity index (χ0v) is 11.4. The van der Waals surface area contributed by atoms with Crippen molar-refractivity contribution in [3.63, 3.8) is 0 Å². The van der Waals surface area contributed by atoms with Gasteiger partial charge in [-0.1, -0.05) is 0 Å². The highest BCUT2D eigenvalue weighted by Crippen LogP contribution is 2.22. The molecule has 21 heavy (non-hydrogen) atoms. The van der Waals surface area contributed by atoms with Crippen LogP contribution in [0.3, 0.4) is 0 Å². The maximum Gasteiger partial charge on any atom is 0.322 e. The van der Waals surface area contributed by atoms with Gasteiger partial charge in [-0.15, -0.1) is 0 Å². The molecular formula is C11H20N2O8. The first-order valence-electron chi connectivity index (χ1n) is 6.27. The molecule has 1 amide bonds. The number of aliphatic hydroxyl groups excluding tert-OH is 3. The van der Waals surface area contributed by atoms with E-state index in [1.165, 1.54) is 6.92 Å². The highest BCUT2D eigenvalue weighted by Gasteiger charge is 2.45. The minimum Gasteiger partial charge on any atom is -0.480 e. The smallest absolute Gasteiger partial charge is 0.322 e. The van der Waals surface area contributed by atoms with Gasteiger partial charge in [0, 0.05) is 6.92 Å². The third-order valence-corrected chi connectivity index (χ3v) is 3.01. The molecule has 1 aliphatic rings. The number of nitrogens with two attached hydrogens (primary N) is 1. The lowest BCUT2D eigenvalue weighted by atomic mass is 9.97. The van der Waals surface area contributed by atoms with Gasteiger partial charge < -0.3 is 41.0 Å². The van der Waals surface area contributed by atoms with Crippen LogP contribution in [0.5, 0.6) is 0 Å². The number of carboxylic acid groups (broad SMARTS) is 1. The highest BCUT2D eigenvalue weighted by atomic mass is 16.7. The van der Waals surface area contributed by atoms with Gasteiger partial charge >= 0.3 is 5.97 Å². The van der Waals surface area contributed by atoms with Gasteiger partial charge in [0.05, 0.1) is 13.2 Å². The van der Waals surface area contributed by atoms with E-state index in [1.807, 2.05) is 0 Å². The third kappa shape index (κ3) is 4.59. The second-order valence-electron chi connectivity index (χ2n) is 4.71. The van der Waals surface area contributed by atoms with Gasteiger partial charge in [-0.3, -0.25) is 9.59 Å². The van der Waals surface area contributed by atoms with Gasteiger partial charge in [-0.05, 0) is 0 Å². The van der Waals surface area contributed by atoms with Crippen LogP contribution in [0.4, 0.5) is 0 Å². The van der Waals surface area contributed by atoms with Crippen molar-refractivity contribution in [2.75, 3.05) is 13.2 Å². The molecule has 1 saturated heterocycles. The fourth-order valence-electron chi connectivity index (χ4n) is 1.88. The quantitative estimate of drug-likeness (QED) is 0.289. The van der Waals surface area contributed by atoms with E-state index in [-0.39, 0.29) is 0 Å². The summed E-state index contributed by atoms with van der Waals surface area (Å²) in [6.45, 7) is 0.171. The van der Waals surface area contributed by atoms with Crippen molar-refractivity contribution >= 4 is 11.9 Å². The number of rotatable bonds is 6. The monoisotopic (exact) mass is 308 g/mol. The van der Waals surface area contributed by atoms with Crippen LogP contribution in [0.15, 0.2) is 0 Å². The van der Waals surface area contributed by atoms with E-state index in [0.717, 1.165) is 0 Å². The van der Waals surface area contributed by atoms with E-state index in [2.05, 4.69) is 5.32 Å². The molecule has 0 aromatic rings. The van der Waals surface area contributed by atoms with E-state index in [9.17, 15) is 19.8 Å². The normalized spacial score (nSPS) is 34.2. The molecule has 0 aliphatic carbocycles. The first kappa shape index (κ1) is 17.8. The molecule has 1 aliphatic heterocycles. The summed E-state index contributed by atoms with van der Waals surface area (Å²) >= 11 is 0. The van der Waals surface area contributed by atoms with E-state index in [0.29, 0.717) is 0 Å². The van der Waals surface area contributed by atoms with Gasteiger partial charge in [-0.25, -0.2) is 0 Å². The molecular weight excluding hydrogens is 288 g/mol. The standard InChI is InChI=1S/C11H20N2O8/c1-4(15)13-7-9(17)8(16)6(2-14)21-11(7)20-3-5(12)10(18)19/h5-9,11,14,16-17H,2-3,12H2,1H3,(H,13,15)(H,18,19)/t5-,6-,7-,8-,9-,11-/m0/s1. The van der Waals surface area contributed by atoms with Crippen LogP contribution in [0.2, 0.25) is 0 Å². The number of ether oxygens (including phenoxy) is 2. The summed E-state index contributed by atoms with van der Waals surface area (Å²) in [5.74, 6) is -1.80. The minimum atomic E-state index is -1.45. The highest BCUT2D eigenvalue weighted by molar-refractivity contribution is 5.73. The lowest BCUT2D eigenvalue weighted by Crippen LogP contribution is -2.64. The molecule has 10 nitrogen and oxygen atoms in total. The molecule has 1 heterocycles. The lowest BCUT2D eigenvalue weighted by Gasteiger charge is -2.42. The van der Waals surface area contributed by atoms with E-state index >= 15 is 0 Å². The summed E-state index contributed by atoms with van der Waals surface area (Å²) in [5.41, 5.74) is 5.28. The summed E-state index contributed by atoms with van der Waals surface area (Å²) in [5, 5.41) is 39.8. The van der Waals surface area contributed by atoms with Gasteiger partial charge in [0.25, 0.3) is 0 Å². The first-order chi connectivity index (χ1) is 9.77. The van der Waals surface area contributed by atoms with Crippen LogP contribution >= 0.6 is 0 Å². The van der Waals surface area contributed by atoms with E-state index in [4.69, 9.17) is 25.4 Å². The molecule has 0 radical (unpaired) electrons. The van der Waals surface area contributed by atoms with Gasteiger partial charge in [0.2, 0.25) is 5.91 Å². The van der Waals surface area contributed by atoms with Crippen molar-refractivity contribution in [1.82, 2.24) is 5.32 Å². The molecule has 0 unspecified atom stereocenters. The topological polar surface area (TPSA) is 172 Å². The number of nitrogens with one attached hydrogen (secondary N) is 1. The largest absolute Gasteiger partial charge is 0.480 e. The van der Waals surface area contributed by atoms with Crippen LogP contribution in [0, 0.1) is 0 Å². The fraction of sp³-hybridized carbons (Fsp3) is 0.818. The minimum absolute atomic E-state index is 0.433. The maximum atomic E-state index is 11.1. The van der Waals surface area contributed by atoms with Crippen LogP contribution in [-0.2, 0) is 19.1 Å². The van der Waals surface area contributed by atoms with Crippen LogP contribution < -0.4 is 11.1 Å². The number of carbonyl (C=O) groups excluding carboxylic acids is 1. The first-order valence-corrected chi connectivity index (χ1v) is 6.27. The predicted molar refractivity (Wildman–Crippen MR) is 66.9 cm³/mol. The van der Waals surface area contributed by atoms with Gasteiger partial charge in [-0.2, -0.15) is 0 Å². The summed E-state index contributed by atoms with van der Waals surface area (Å²) in [7, 11) is 0. The van der Waals surface area contributed by atoms with E-state index < -0.39 is 61.8 Å². The Morgan fingerprint density at radius 3 is 2.48 bits per heavy atom. The molecule has 0 saturated carbocycles. The third-order valence-electron chi connectivity index (χ3n) is 3.01. The van der Waals surface area contributed by atoms with E-state index in [1.54, 1.807) is 0 Å². The Kier molecular flexibility index (Phi) is 6.45. The zero-order valence-electron chi connectivity index (χ0n) is 11.4. The van der Waals surface area contributed by atoms with Crippen molar-refractivity contribution in [1.29, 1.82) is 0 Å². The van der Waals surface area contributed by atoms with Crippen molar-refractivity contribution in [2.45, 2.75) is 43.6 Å². The molecule has 10 heteroatoms. The Morgan fingerprint density at radius 1 is 1.38 bits per heavy atom. The van der Waals surface area contributed by atoms with Crippen molar-refractivity contribution < 1.29 is 39.5 Å². The fourth-order valence-corrected chi connectivity index (χ4v) is 1.88. The van der Waals surface area contributed by atoms with Gasteiger partial charge in [0.1, 0.15) is 30.4 Å². The summed E-state index contributed by atoms with van der Waals surface area (Å²) in [6, 6.07) is -2.44. The number of amides is 1. The Hall–Kier alpha value is -1.30. The number of carbonyl (C=O) groups is 2. The average Bonchev–Trinajstić information content (AvgIpc) is 2.42. The number of hydrogen-bond donors (Lipinski definition) is 6. The summed E-state index contributed by atoms with van der Waals surface area (Å²) in [6.07, 6.45) is -5.27. The van der Waals surface area contributed by atoms with Gasteiger partial charge in [0.15, 0.2) is 6.29 Å². The number of carboxylic acids is 1. The lowest BCUT2D eigenvalue weighted by molar-refractivity contribution is -0.270. The maximum absolute atomic E-state index is 11.1. The Labute approximate surface area is 120 Å². The molecule has 7 N–H and O–H groups in total. The molecule has 0 aromatic heterocycles. The molecule has 0 aromatic carbocycles. The summed E-state index contributed by atoms with van der Waals surface area (Å²) in [4.78, 5) is 21.7. The van der Waals surface area contributed by atoms with Crippen molar-refractivity contribution in [3.05, 3.63) is 0 Å². The van der Waals surface area contributed by atoms with Crippen LogP contribution in [0.25, 0.3) is 0 Å². The van der Waals surface area contributed by atoms with Crippen molar-refractivity contribution in [3.8, 4) is 0 Å². The van der Waals surface area contributed by atoms with Crippen molar-refractivity contribution in [2.24, 2.45) is 5.73 Å². The Bertz CT molecular complexity index is 379. The number of aliphatic carboxylic acids is 1. The summed E-state index contributed by atoms with van der Waals surface area (Å²) < 4.78 is 10.4. The molecule has 1 rings (SSSR count). The second kappa shape index (κ2) is 7.64. The Balaban J connectivity index is 2.78. The van der Waals surface area contributed by atoms with Crippen LogP contribution in [0.1, 0.15) is 6.92 Å². The average molecular weight is 308 g/mol. The van der Waals surface area contributed by atoms with Crippen LogP contribution in [-0.4, -0.2) is 82.2 Å². The molecule has 122 valence electrons.